The van der Waals surface area contributed by atoms with Crippen molar-refractivity contribution in [2.24, 2.45) is 0 Å². The highest BCUT2D eigenvalue weighted by Gasteiger charge is 2.15. The van der Waals surface area contributed by atoms with Crippen LogP contribution in [0, 0.1) is 10.1 Å². The van der Waals surface area contributed by atoms with E-state index >= 15 is 0 Å². The zero-order valence-corrected chi connectivity index (χ0v) is 13.7. The molecule has 2 aromatic rings. The quantitative estimate of drug-likeness (QED) is 0.466. The van der Waals surface area contributed by atoms with E-state index in [4.69, 9.17) is 9.47 Å². The van der Waals surface area contributed by atoms with Crippen LogP contribution in [0.15, 0.2) is 36.4 Å². The molecule has 0 heterocycles. The maximum Gasteiger partial charge on any atom is 0.309 e. The molecule has 0 spiro atoms. The van der Waals surface area contributed by atoms with E-state index in [1.807, 2.05) is 0 Å². The third-order valence-electron chi connectivity index (χ3n) is 3.45. The number of carbonyl (C=O) groups excluding carboxylic acids is 1. The molecular formula is C17H17NO7. The largest absolute Gasteiger partial charge is 0.493 e. The van der Waals surface area contributed by atoms with E-state index in [0.29, 0.717) is 17.1 Å². The molecule has 0 fully saturated rings. The highest BCUT2D eigenvalue weighted by atomic mass is 16.6. The van der Waals surface area contributed by atoms with Crippen LogP contribution in [0.4, 0.5) is 5.69 Å². The molecular weight excluding hydrogens is 330 g/mol. The van der Waals surface area contributed by atoms with Gasteiger partial charge >= 0.3 is 5.97 Å². The molecule has 0 bridgehead atoms. The highest BCUT2D eigenvalue weighted by molar-refractivity contribution is 5.72. The van der Waals surface area contributed by atoms with Gasteiger partial charge in [-0.2, -0.15) is 0 Å². The first-order valence-electron chi connectivity index (χ1n) is 7.28. The summed E-state index contributed by atoms with van der Waals surface area (Å²) in [6, 6.07) is 8.86. The average Bonchev–Trinajstić information content (AvgIpc) is 2.62. The molecule has 0 saturated carbocycles. The van der Waals surface area contributed by atoms with Crippen molar-refractivity contribution in [2.45, 2.75) is 13.0 Å². The summed E-state index contributed by atoms with van der Waals surface area (Å²) in [4.78, 5) is 21.7. The van der Waals surface area contributed by atoms with Crippen LogP contribution in [0.2, 0.25) is 0 Å². The first kappa shape index (κ1) is 18.2. The van der Waals surface area contributed by atoms with Gasteiger partial charge in [0.1, 0.15) is 5.75 Å². The third-order valence-corrected chi connectivity index (χ3v) is 3.45. The monoisotopic (exact) mass is 347 g/mol. The molecule has 0 amide bonds. The smallest absolute Gasteiger partial charge is 0.309 e. The van der Waals surface area contributed by atoms with Gasteiger partial charge in [-0.25, -0.2) is 0 Å². The number of aliphatic hydroxyl groups is 1. The van der Waals surface area contributed by atoms with Gasteiger partial charge in [-0.15, -0.1) is 0 Å². The Morgan fingerprint density at radius 3 is 2.44 bits per heavy atom. The number of non-ortho nitro benzene ring substituents is 1. The molecule has 0 aliphatic rings. The Morgan fingerprint density at radius 2 is 1.84 bits per heavy atom. The molecule has 8 heteroatoms. The van der Waals surface area contributed by atoms with Crippen LogP contribution < -0.4 is 9.47 Å². The second-order valence-corrected chi connectivity index (χ2v) is 5.05. The summed E-state index contributed by atoms with van der Waals surface area (Å²) in [6.45, 7) is -0.429. The number of rotatable bonds is 7. The van der Waals surface area contributed by atoms with Crippen molar-refractivity contribution in [3.63, 3.8) is 0 Å². The summed E-state index contributed by atoms with van der Waals surface area (Å²) in [5.74, 6) is 0.576. The van der Waals surface area contributed by atoms with Gasteiger partial charge in [-0.1, -0.05) is 6.07 Å². The number of benzene rings is 2. The molecule has 25 heavy (non-hydrogen) atoms. The van der Waals surface area contributed by atoms with E-state index in [-0.39, 0.29) is 23.4 Å². The lowest BCUT2D eigenvalue weighted by Crippen LogP contribution is -2.05. The lowest BCUT2D eigenvalue weighted by molar-refractivity contribution is -0.385. The van der Waals surface area contributed by atoms with Crippen molar-refractivity contribution in [2.75, 3.05) is 14.2 Å². The lowest BCUT2D eigenvalue weighted by Gasteiger charge is -2.14. The fourth-order valence-corrected chi connectivity index (χ4v) is 2.17. The second-order valence-electron chi connectivity index (χ2n) is 5.05. The van der Waals surface area contributed by atoms with Crippen molar-refractivity contribution in [1.29, 1.82) is 0 Å². The fraction of sp³-hybridized carbons (Fsp3) is 0.235. The van der Waals surface area contributed by atoms with Crippen LogP contribution in [0.3, 0.4) is 0 Å². The number of carbonyl (C=O) groups is 1. The van der Waals surface area contributed by atoms with Gasteiger partial charge in [0, 0.05) is 17.7 Å². The molecule has 1 N–H and O–H groups in total. The van der Waals surface area contributed by atoms with Gasteiger partial charge in [-0.05, 0) is 23.8 Å². The van der Waals surface area contributed by atoms with Crippen LogP contribution in [0.5, 0.6) is 17.2 Å². The minimum atomic E-state index is -0.555. The Labute approximate surface area is 143 Å². The number of hydrogen-bond acceptors (Lipinski definition) is 7. The molecule has 0 atom stereocenters. The minimum Gasteiger partial charge on any atom is -0.493 e. The van der Waals surface area contributed by atoms with Crippen molar-refractivity contribution < 1.29 is 29.0 Å². The van der Waals surface area contributed by atoms with Gasteiger partial charge in [0.2, 0.25) is 0 Å². The number of esters is 1. The molecule has 2 rings (SSSR count). The third kappa shape index (κ3) is 4.45. The summed E-state index contributed by atoms with van der Waals surface area (Å²) in [5.41, 5.74) is 0.757. The molecule has 132 valence electrons. The summed E-state index contributed by atoms with van der Waals surface area (Å²) in [7, 11) is 2.76. The summed E-state index contributed by atoms with van der Waals surface area (Å²) >= 11 is 0. The maximum absolute atomic E-state index is 11.4. The summed E-state index contributed by atoms with van der Waals surface area (Å²) < 4.78 is 15.6. The Balaban J connectivity index is 2.36. The Hall–Kier alpha value is -3.13. The number of hydrogen-bond donors (Lipinski definition) is 1. The van der Waals surface area contributed by atoms with Gasteiger partial charge in [-0.3, -0.25) is 14.9 Å². The zero-order valence-electron chi connectivity index (χ0n) is 13.7. The normalized spacial score (nSPS) is 10.2. The van der Waals surface area contributed by atoms with Crippen LogP contribution in [0.1, 0.15) is 11.1 Å². The molecule has 0 aliphatic carbocycles. The van der Waals surface area contributed by atoms with Crippen molar-refractivity contribution in [3.05, 3.63) is 57.6 Å². The first-order valence-corrected chi connectivity index (χ1v) is 7.28. The first-order chi connectivity index (χ1) is 12.0. The number of nitro groups is 1. The van der Waals surface area contributed by atoms with E-state index in [0.717, 1.165) is 0 Å². The van der Waals surface area contributed by atoms with Gasteiger partial charge < -0.3 is 19.3 Å². The molecule has 0 aromatic heterocycles. The predicted molar refractivity (Wildman–Crippen MR) is 87.8 cm³/mol. The molecule has 0 radical (unpaired) electrons. The fourth-order valence-electron chi connectivity index (χ4n) is 2.17. The summed E-state index contributed by atoms with van der Waals surface area (Å²) in [6.07, 6.45) is 0.0595. The van der Waals surface area contributed by atoms with Crippen LogP contribution in [-0.4, -0.2) is 30.2 Å². The average molecular weight is 347 g/mol. The number of aliphatic hydroxyl groups excluding tert-OH is 1. The maximum atomic E-state index is 11.4. The van der Waals surface area contributed by atoms with E-state index in [9.17, 15) is 20.0 Å². The van der Waals surface area contributed by atoms with Crippen molar-refractivity contribution in [1.82, 2.24) is 0 Å². The van der Waals surface area contributed by atoms with Crippen LogP contribution in [0.25, 0.3) is 0 Å². The van der Waals surface area contributed by atoms with Gasteiger partial charge in [0.05, 0.1) is 32.2 Å². The van der Waals surface area contributed by atoms with Crippen LogP contribution >= 0.6 is 0 Å². The molecule has 0 aliphatic heterocycles. The van der Waals surface area contributed by atoms with Gasteiger partial charge in [0.25, 0.3) is 5.69 Å². The number of methoxy groups -OCH3 is 2. The Morgan fingerprint density at radius 1 is 1.12 bits per heavy atom. The van der Waals surface area contributed by atoms with E-state index in [2.05, 4.69) is 4.74 Å². The molecule has 0 unspecified atom stereocenters. The molecule has 8 nitrogen and oxygen atoms in total. The molecule has 0 saturated heterocycles. The van der Waals surface area contributed by atoms with Crippen molar-refractivity contribution in [3.8, 4) is 17.2 Å². The molecule has 2 aromatic carbocycles. The van der Waals surface area contributed by atoms with E-state index < -0.39 is 17.5 Å². The van der Waals surface area contributed by atoms with E-state index in [1.54, 1.807) is 18.2 Å². The summed E-state index contributed by atoms with van der Waals surface area (Å²) in [5, 5.41) is 20.3. The second kappa shape index (κ2) is 8.11. The number of nitrogens with zero attached hydrogens (tertiary/aromatic N) is 1. The number of nitro benzene ring substituents is 1. The number of ether oxygens (including phenoxy) is 3. The topological polar surface area (TPSA) is 108 Å². The van der Waals surface area contributed by atoms with Crippen molar-refractivity contribution >= 4 is 11.7 Å². The lowest BCUT2D eigenvalue weighted by atomic mass is 10.1. The van der Waals surface area contributed by atoms with Crippen LogP contribution in [-0.2, 0) is 22.6 Å². The Bertz CT molecular complexity index is 789. The Kier molecular flexibility index (Phi) is 5.91. The minimum absolute atomic E-state index is 0.0595. The standard InChI is InChI=1S/C17H17NO7/c1-23-15-5-3-11(8-17(20)24-2)7-16(15)25-14-6-4-13(18(21)22)9-12(14)10-19/h3-7,9,19H,8,10H2,1-2H3. The highest BCUT2D eigenvalue weighted by Crippen LogP contribution is 2.35. The predicted octanol–water partition coefficient (Wildman–Crippen LogP) is 2.60. The SMILES string of the molecule is COC(=O)Cc1ccc(OC)c(Oc2ccc([N+](=O)[O-])cc2CO)c1. The van der Waals surface area contributed by atoms with E-state index in [1.165, 1.54) is 32.4 Å². The zero-order chi connectivity index (χ0) is 18.4. The van der Waals surface area contributed by atoms with Gasteiger partial charge in [0.15, 0.2) is 11.5 Å².